The van der Waals surface area contributed by atoms with Crippen LogP contribution in [-0.2, 0) is 16.6 Å². The van der Waals surface area contributed by atoms with Gasteiger partial charge in [-0.25, -0.2) is 18.1 Å². The van der Waals surface area contributed by atoms with E-state index in [0.717, 1.165) is 10.6 Å². The van der Waals surface area contributed by atoms with Gasteiger partial charge in [0, 0.05) is 17.0 Å². The van der Waals surface area contributed by atoms with Crippen LogP contribution in [0.3, 0.4) is 0 Å². The molecule has 1 aromatic carbocycles. The van der Waals surface area contributed by atoms with Crippen molar-refractivity contribution in [3.63, 3.8) is 0 Å². The number of thiazole rings is 1. The Kier molecular flexibility index (Phi) is 4.26. The van der Waals surface area contributed by atoms with E-state index < -0.39 is 15.9 Å². The highest BCUT2D eigenvalue weighted by Crippen LogP contribution is 2.20. The minimum absolute atomic E-state index is 0.0279. The van der Waals surface area contributed by atoms with E-state index in [0.29, 0.717) is 0 Å². The molecular weight excluding hydrogens is 312 g/mol. The molecule has 1 aromatic heterocycles. The van der Waals surface area contributed by atoms with Crippen molar-refractivity contribution < 1.29 is 13.2 Å². The van der Waals surface area contributed by atoms with Gasteiger partial charge in [0.25, 0.3) is 0 Å². The number of aryl methyl sites for hydroxylation is 1. The fourth-order valence-electron chi connectivity index (χ4n) is 1.68. The molecule has 2 aromatic rings. The maximum Gasteiger partial charge on any atom is 0.248 e. The topological polar surface area (TPSA) is 128 Å². The normalized spacial score (nSPS) is 11.5. The zero-order valence-electron chi connectivity index (χ0n) is 11.2. The molecule has 9 heteroatoms. The van der Waals surface area contributed by atoms with Gasteiger partial charge in [0.2, 0.25) is 15.9 Å². The van der Waals surface area contributed by atoms with Crippen LogP contribution in [0.25, 0.3) is 0 Å². The van der Waals surface area contributed by atoms with Gasteiger partial charge in [0.15, 0.2) is 0 Å². The fourth-order valence-corrected chi connectivity index (χ4v) is 3.60. The second-order valence-electron chi connectivity index (χ2n) is 4.30. The van der Waals surface area contributed by atoms with E-state index in [1.54, 1.807) is 12.4 Å². The number of hydrogen-bond acceptors (Lipinski definition) is 6. The van der Waals surface area contributed by atoms with Gasteiger partial charge >= 0.3 is 0 Å². The number of rotatable bonds is 5. The first kappa shape index (κ1) is 15.4. The molecule has 21 heavy (non-hydrogen) atoms. The largest absolute Gasteiger partial charge is 0.398 e. The van der Waals surface area contributed by atoms with Crippen molar-refractivity contribution in [3.8, 4) is 0 Å². The quantitative estimate of drug-likeness (QED) is 0.693. The Morgan fingerprint density at radius 3 is 2.67 bits per heavy atom. The first-order valence-corrected chi connectivity index (χ1v) is 8.25. The molecule has 0 aliphatic heterocycles. The predicted molar refractivity (Wildman–Crippen MR) is 80.2 cm³/mol. The fraction of sp³-hybridized carbons (Fsp3) is 0.167. The lowest BCUT2D eigenvalue weighted by molar-refractivity contribution is 0.1000. The molecule has 0 aliphatic rings. The molecule has 1 heterocycles. The highest BCUT2D eigenvalue weighted by Gasteiger charge is 2.19. The maximum atomic E-state index is 12.2. The first-order valence-electron chi connectivity index (χ1n) is 5.89. The van der Waals surface area contributed by atoms with Gasteiger partial charge < -0.3 is 11.5 Å². The summed E-state index contributed by atoms with van der Waals surface area (Å²) in [4.78, 5) is 15.8. The molecule has 0 radical (unpaired) electrons. The number of benzene rings is 1. The van der Waals surface area contributed by atoms with Crippen LogP contribution in [0.15, 0.2) is 28.6 Å². The number of amides is 1. The molecule has 2 rings (SSSR count). The van der Waals surface area contributed by atoms with Gasteiger partial charge in [-0.15, -0.1) is 11.3 Å². The highest BCUT2D eigenvalue weighted by atomic mass is 32.2. The number of nitrogens with two attached hydrogens (primary N) is 2. The highest BCUT2D eigenvalue weighted by molar-refractivity contribution is 7.89. The zero-order valence-corrected chi connectivity index (χ0v) is 12.8. The van der Waals surface area contributed by atoms with Crippen molar-refractivity contribution in [2.45, 2.75) is 18.4 Å². The molecule has 0 aliphatic carbocycles. The maximum absolute atomic E-state index is 12.2. The van der Waals surface area contributed by atoms with Gasteiger partial charge in [-0.1, -0.05) is 0 Å². The third-order valence-corrected chi connectivity index (χ3v) is 5.26. The number of hydrogen-bond donors (Lipinski definition) is 3. The number of nitrogens with one attached hydrogen (secondary N) is 1. The first-order chi connectivity index (χ1) is 9.81. The second kappa shape index (κ2) is 5.80. The third-order valence-electron chi connectivity index (χ3n) is 2.85. The monoisotopic (exact) mass is 326 g/mol. The van der Waals surface area contributed by atoms with Crippen LogP contribution in [0.1, 0.15) is 20.9 Å². The Morgan fingerprint density at radius 1 is 1.43 bits per heavy atom. The third kappa shape index (κ3) is 3.38. The van der Waals surface area contributed by atoms with E-state index in [9.17, 15) is 13.2 Å². The number of primary amides is 1. The number of nitrogen functional groups attached to an aromatic ring is 1. The number of carbonyl (C=O) groups is 1. The summed E-state index contributed by atoms with van der Waals surface area (Å²) in [5, 5.41) is 0. The Labute approximate surface area is 126 Å². The number of nitrogens with zero attached hydrogens (tertiary/aromatic N) is 1. The molecule has 0 fully saturated rings. The molecule has 0 saturated carbocycles. The van der Waals surface area contributed by atoms with Crippen LogP contribution in [0.2, 0.25) is 0 Å². The van der Waals surface area contributed by atoms with Gasteiger partial charge in [-0.05, 0) is 25.1 Å². The summed E-state index contributed by atoms with van der Waals surface area (Å²) in [6, 6.07) is 3.83. The minimum Gasteiger partial charge on any atom is -0.398 e. The smallest absolute Gasteiger partial charge is 0.248 e. The summed E-state index contributed by atoms with van der Waals surface area (Å²) in [6.07, 6.45) is 0. The van der Waals surface area contributed by atoms with Crippen molar-refractivity contribution in [1.29, 1.82) is 0 Å². The van der Waals surface area contributed by atoms with Crippen molar-refractivity contribution in [3.05, 3.63) is 39.8 Å². The summed E-state index contributed by atoms with van der Waals surface area (Å²) >= 11 is 1.37. The molecule has 0 spiro atoms. The van der Waals surface area contributed by atoms with Gasteiger partial charge in [0.1, 0.15) is 4.90 Å². The van der Waals surface area contributed by atoms with Crippen molar-refractivity contribution >= 4 is 33.0 Å². The van der Waals surface area contributed by atoms with E-state index in [2.05, 4.69) is 9.71 Å². The molecule has 0 atom stereocenters. The molecule has 5 N–H and O–H groups in total. The van der Waals surface area contributed by atoms with Crippen LogP contribution < -0.4 is 16.2 Å². The zero-order chi connectivity index (χ0) is 15.6. The lowest BCUT2D eigenvalue weighted by Crippen LogP contribution is -2.24. The minimum atomic E-state index is -3.77. The van der Waals surface area contributed by atoms with E-state index in [1.165, 1.54) is 29.5 Å². The Hall–Kier alpha value is -1.97. The Bertz CT molecular complexity index is 784. The van der Waals surface area contributed by atoms with Crippen LogP contribution in [-0.4, -0.2) is 19.3 Å². The summed E-state index contributed by atoms with van der Waals surface area (Å²) in [5.41, 5.74) is 13.4. The molecular formula is C12H14N4O3S2. The number of carbonyl (C=O) groups excluding carboxylic acids is 1. The summed E-state index contributed by atoms with van der Waals surface area (Å²) < 4.78 is 26.9. The van der Waals surface area contributed by atoms with Crippen molar-refractivity contribution in [2.24, 2.45) is 5.73 Å². The SMILES string of the molecule is Cc1ncsc1CNS(=O)(=O)c1ccc(C(N)=O)cc1N. The Balaban J connectivity index is 2.23. The Morgan fingerprint density at radius 2 is 2.14 bits per heavy atom. The van der Waals surface area contributed by atoms with Crippen molar-refractivity contribution in [1.82, 2.24) is 9.71 Å². The molecule has 1 amide bonds. The number of sulfonamides is 1. The summed E-state index contributed by atoms with van der Waals surface area (Å²) in [5.74, 6) is -0.668. The van der Waals surface area contributed by atoms with E-state index in [4.69, 9.17) is 11.5 Å². The summed E-state index contributed by atoms with van der Waals surface area (Å²) in [7, 11) is -3.77. The van der Waals surface area contributed by atoms with Gasteiger partial charge in [-0.3, -0.25) is 4.79 Å². The van der Waals surface area contributed by atoms with Gasteiger partial charge in [0.05, 0.1) is 16.9 Å². The molecule has 0 bridgehead atoms. The van der Waals surface area contributed by atoms with E-state index in [1.807, 2.05) is 0 Å². The second-order valence-corrected chi connectivity index (χ2v) is 6.98. The number of anilines is 1. The van der Waals surface area contributed by atoms with Crippen LogP contribution in [0, 0.1) is 6.92 Å². The van der Waals surface area contributed by atoms with Crippen LogP contribution >= 0.6 is 11.3 Å². The molecule has 7 nitrogen and oxygen atoms in total. The lowest BCUT2D eigenvalue weighted by Gasteiger charge is -2.09. The molecule has 0 unspecified atom stereocenters. The molecule has 0 saturated heterocycles. The standard InChI is InChI=1S/C12H14N4O3S2/c1-7-10(20-6-15-7)5-16-21(18,19)11-3-2-8(12(14)17)4-9(11)13/h2-4,6,16H,5,13H2,1H3,(H2,14,17). The average Bonchev–Trinajstić information content (AvgIpc) is 2.81. The average molecular weight is 326 g/mol. The predicted octanol–water partition coefficient (Wildman–Crippen LogP) is 0.611. The van der Waals surface area contributed by atoms with Crippen LogP contribution in [0.4, 0.5) is 5.69 Å². The molecule has 112 valence electrons. The number of aromatic nitrogens is 1. The summed E-state index contributed by atoms with van der Waals surface area (Å²) in [6.45, 7) is 1.94. The van der Waals surface area contributed by atoms with E-state index >= 15 is 0 Å². The van der Waals surface area contributed by atoms with E-state index in [-0.39, 0.29) is 22.7 Å². The van der Waals surface area contributed by atoms with Crippen molar-refractivity contribution in [2.75, 3.05) is 5.73 Å². The van der Waals surface area contributed by atoms with Crippen LogP contribution in [0.5, 0.6) is 0 Å². The van der Waals surface area contributed by atoms with Gasteiger partial charge in [-0.2, -0.15) is 0 Å². The lowest BCUT2D eigenvalue weighted by atomic mass is 10.2.